The quantitative estimate of drug-likeness (QED) is 0.688. The van der Waals surface area contributed by atoms with Gasteiger partial charge in [-0.05, 0) is 57.0 Å². The summed E-state index contributed by atoms with van der Waals surface area (Å²) in [5, 5.41) is 3.81. The topological polar surface area (TPSA) is 61.9 Å². The van der Waals surface area contributed by atoms with Crippen molar-refractivity contribution in [3.63, 3.8) is 0 Å². The molecule has 8 heteroatoms. The van der Waals surface area contributed by atoms with E-state index in [1.807, 2.05) is 4.90 Å². The van der Waals surface area contributed by atoms with Gasteiger partial charge in [-0.3, -0.25) is 9.59 Å². The second kappa shape index (κ2) is 10.6. The first-order valence-electron chi connectivity index (χ1n) is 10.2. The van der Waals surface area contributed by atoms with Crippen molar-refractivity contribution in [2.24, 2.45) is 5.92 Å². The molecule has 0 unspecified atom stereocenters. The van der Waals surface area contributed by atoms with Crippen molar-refractivity contribution in [2.45, 2.75) is 31.7 Å². The Morgan fingerprint density at radius 2 is 1.76 bits per heavy atom. The summed E-state index contributed by atoms with van der Waals surface area (Å²) < 4.78 is 4.98. The first-order valence-corrected chi connectivity index (χ1v) is 11.0. The predicted molar refractivity (Wildman–Crippen MR) is 115 cm³/mol. The summed E-state index contributed by atoms with van der Waals surface area (Å²) in [6, 6.07) is 5.51. The summed E-state index contributed by atoms with van der Waals surface area (Å²) in [6.07, 6.45) is 3.69. The molecule has 6 nitrogen and oxygen atoms in total. The zero-order chi connectivity index (χ0) is 20.8. The first kappa shape index (κ1) is 22.3. The molecule has 1 N–H and O–H groups in total. The summed E-state index contributed by atoms with van der Waals surface area (Å²) in [4.78, 5) is 29.3. The summed E-state index contributed by atoms with van der Waals surface area (Å²) in [7, 11) is 1.63. The van der Waals surface area contributed by atoms with Gasteiger partial charge < -0.3 is 19.9 Å². The highest BCUT2D eigenvalue weighted by Gasteiger charge is 2.31. The van der Waals surface area contributed by atoms with Crippen LogP contribution in [0, 0.1) is 5.92 Å². The maximum absolute atomic E-state index is 12.7. The van der Waals surface area contributed by atoms with Gasteiger partial charge in [0.1, 0.15) is 0 Å². The third kappa shape index (κ3) is 5.85. The third-order valence-corrected chi connectivity index (χ3v) is 6.68. The molecule has 0 atom stereocenters. The fourth-order valence-electron chi connectivity index (χ4n) is 4.19. The predicted octanol–water partition coefficient (Wildman–Crippen LogP) is 3.07. The lowest BCUT2D eigenvalue weighted by atomic mass is 9.92. The number of piperidine rings is 2. The Morgan fingerprint density at radius 3 is 2.38 bits per heavy atom. The summed E-state index contributed by atoms with van der Waals surface area (Å²) >= 11 is 12.0. The third-order valence-electron chi connectivity index (χ3n) is 5.94. The van der Waals surface area contributed by atoms with Crippen molar-refractivity contribution < 1.29 is 14.3 Å². The molecule has 29 heavy (non-hydrogen) atoms. The molecule has 2 saturated heterocycles. The van der Waals surface area contributed by atoms with Crippen molar-refractivity contribution in [1.82, 2.24) is 15.1 Å². The van der Waals surface area contributed by atoms with Crippen LogP contribution in [0.25, 0.3) is 0 Å². The van der Waals surface area contributed by atoms with Gasteiger partial charge in [0, 0.05) is 44.3 Å². The van der Waals surface area contributed by atoms with Crippen molar-refractivity contribution in [1.29, 1.82) is 0 Å². The van der Waals surface area contributed by atoms with Gasteiger partial charge in [-0.25, -0.2) is 0 Å². The zero-order valence-corrected chi connectivity index (χ0v) is 18.3. The van der Waals surface area contributed by atoms with Crippen LogP contribution < -0.4 is 5.32 Å². The summed E-state index contributed by atoms with van der Waals surface area (Å²) in [5.74, 6) is 0.247. The number of amides is 2. The Hall–Kier alpha value is -1.34. The molecule has 2 aliphatic rings. The van der Waals surface area contributed by atoms with E-state index in [9.17, 15) is 9.59 Å². The Kier molecular flexibility index (Phi) is 8.18. The average Bonchev–Trinajstić information content (AvgIpc) is 2.75. The number of methoxy groups -OCH3 is 1. The number of nitrogens with one attached hydrogen (secondary N) is 1. The monoisotopic (exact) mass is 441 g/mol. The van der Waals surface area contributed by atoms with Crippen LogP contribution in [0.5, 0.6) is 0 Å². The second-order valence-corrected chi connectivity index (χ2v) is 8.56. The lowest BCUT2D eigenvalue weighted by molar-refractivity contribution is -0.126. The molecule has 2 aliphatic heterocycles. The lowest BCUT2D eigenvalue weighted by Gasteiger charge is -2.41. The molecule has 0 bridgehead atoms. The maximum atomic E-state index is 12.7. The van der Waals surface area contributed by atoms with Gasteiger partial charge in [0.05, 0.1) is 16.7 Å². The fraction of sp³-hybridized carbons (Fsp3) is 0.619. The highest BCUT2D eigenvalue weighted by molar-refractivity contribution is 6.42. The summed E-state index contributed by atoms with van der Waals surface area (Å²) in [5.41, 5.74) is 0.582. The van der Waals surface area contributed by atoms with Crippen molar-refractivity contribution in [3.05, 3.63) is 33.8 Å². The molecule has 0 radical (unpaired) electrons. The average molecular weight is 442 g/mol. The largest absolute Gasteiger partial charge is 0.383 e. The standard InChI is InChI=1S/C21H29Cl2N3O3/c1-29-13-8-24-20(27)15-4-9-25(10-5-15)17-6-11-26(12-7-17)21(28)16-2-3-18(22)19(23)14-16/h2-3,14-15,17H,4-13H2,1H3,(H,24,27). The van der Waals surface area contributed by atoms with Crippen molar-refractivity contribution >= 4 is 35.0 Å². The van der Waals surface area contributed by atoms with Gasteiger partial charge in [0.25, 0.3) is 5.91 Å². The number of hydrogen-bond donors (Lipinski definition) is 1. The molecule has 0 spiro atoms. The molecule has 160 valence electrons. The molecule has 0 saturated carbocycles. The van der Waals surface area contributed by atoms with Crippen LogP contribution in [-0.2, 0) is 9.53 Å². The van der Waals surface area contributed by atoms with E-state index in [1.165, 1.54) is 0 Å². The minimum Gasteiger partial charge on any atom is -0.383 e. The first-order chi connectivity index (χ1) is 14.0. The molecule has 0 aliphatic carbocycles. The molecule has 2 heterocycles. The van der Waals surface area contributed by atoms with Gasteiger partial charge in [-0.2, -0.15) is 0 Å². The van der Waals surface area contributed by atoms with Gasteiger partial charge in [-0.15, -0.1) is 0 Å². The van der Waals surface area contributed by atoms with E-state index >= 15 is 0 Å². The number of hydrogen-bond acceptors (Lipinski definition) is 4. The van der Waals surface area contributed by atoms with Crippen LogP contribution in [0.2, 0.25) is 10.0 Å². The van der Waals surface area contributed by atoms with E-state index in [2.05, 4.69) is 10.2 Å². The fourth-order valence-corrected chi connectivity index (χ4v) is 4.49. The number of carbonyl (C=O) groups is 2. The molecule has 0 aromatic heterocycles. The molecule has 2 amide bonds. The smallest absolute Gasteiger partial charge is 0.253 e. The minimum atomic E-state index is 0.00783. The van der Waals surface area contributed by atoms with E-state index in [1.54, 1.807) is 25.3 Å². The number of carbonyl (C=O) groups excluding carboxylic acids is 2. The normalized spacial score (nSPS) is 19.3. The molecular formula is C21H29Cl2N3O3. The Balaban J connectivity index is 1.43. The number of ether oxygens (including phenoxy) is 1. The van der Waals surface area contributed by atoms with E-state index in [4.69, 9.17) is 27.9 Å². The van der Waals surface area contributed by atoms with E-state index in [0.29, 0.717) is 34.8 Å². The van der Waals surface area contributed by atoms with Gasteiger partial charge >= 0.3 is 0 Å². The van der Waals surface area contributed by atoms with Crippen LogP contribution in [-0.4, -0.2) is 74.1 Å². The Bertz CT molecular complexity index is 715. The number of halogens is 2. The summed E-state index contributed by atoms with van der Waals surface area (Å²) in [6.45, 7) is 4.47. The SMILES string of the molecule is COCCNC(=O)C1CCN(C2CCN(C(=O)c3ccc(Cl)c(Cl)c3)CC2)CC1. The highest BCUT2D eigenvalue weighted by atomic mass is 35.5. The molecule has 3 rings (SSSR count). The van der Waals surface area contributed by atoms with Crippen LogP contribution in [0.3, 0.4) is 0 Å². The molecule has 2 fully saturated rings. The number of nitrogens with zero attached hydrogens (tertiary/aromatic N) is 2. The number of likely N-dealkylation sites (tertiary alicyclic amines) is 2. The van der Waals surface area contributed by atoms with Crippen LogP contribution in [0.15, 0.2) is 18.2 Å². The highest BCUT2D eigenvalue weighted by Crippen LogP contribution is 2.26. The van der Waals surface area contributed by atoms with Crippen LogP contribution >= 0.6 is 23.2 Å². The molecular weight excluding hydrogens is 413 g/mol. The lowest BCUT2D eigenvalue weighted by Crippen LogP contribution is -2.50. The molecule has 1 aromatic rings. The number of benzene rings is 1. The minimum absolute atomic E-state index is 0.00783. The van der Waals surface area contributed by atoms with E-state index < -0.39 is 0 Å². The number of rotatable bonds is 6. The molecule has 1 aromatic carbocycles. The van der Waals surface area contributed by atoms with E-state index in [-0.39, 0.29) is 17.7 Å². The Labute approximate surface area is 182 Å². The van der Waals surface area contributed by atoms with Gasteiger partial charge in [0.2, 0.25) is 5.91 Å². The van der Waals surface area contributed by atoms with Gasteiger partial charge in [-0.1, -0.05) is 23.2 Å². The maximum Gasteiger partial charge on any atom is 0.253 e. The van der Waals surface area contributed by atoms with Gasteiger partial charge in [0.15, 0.2) is 0 Å². The zero-order valence-electron chi connectivity index (χ0n) is 16.8. The van der Waals surface area contributed by atoms with Crippen LogP contribution in [0.1, 0.15) is 36.0 Å². The van der Waals surface area contributed by atoms with Crippen molar-refractivity contribution in [3.8, 4) is 0 Å². The van der Waals surface area contributed by atoms with Crippen molar-refractivity contribution in [2.75, 3.05) is 46.4 Å². The second-order valence-electron chi connectivity index (χ2n) is 7.75. The van der Waals surface area contributed by atoms with Crippen LogP contribution in [0.4, 0.5) is 0 Å². The Morgan fingerprint density at radius 1 is 1.07 bits per heavy atom. The van der Waals surface area contributed by atoms with E-state index in [0.717, 1.165) is 51.9 Å².